The zero-order valence-electron chi connectivity index (χ0n) is 26.0. The first-order valence-corrected chi connectivity index (χ1v) is 15.3. The molecule has 9 heteroatoms. The second kappa shape index (κ2) is 13.7. The van der Waals surface area contributed by atoms with E-state index in [-0.39, 0.29) is 54.3 Å². The van der Waals surface area contributed by atoms with E-state index in [2.05, 4.69) is 0 Å². The molecule has 13 atom stereocenters. The summed E-state index contributed by atoms with van der Waals surface area (Å²) in [5.41, 5.74) is -0.578. The van der Waals surface area contributed by atoms with E-state index in [0.29, 0.717) is 25.7 Å². The summed E-state index contributed by atoms with van der Waals surface area (Å²) in [5.74, 6) is -1.41. The topological polar surface area (TPSA) is 119 Å². The molecule has 0 spiro atoms. The van der Waals surface area contributed by atoms with Gasteiger partial charge in [0, 0.05) is 24.2 Å². The van der Waals surface area contributed by atoms with E-state index in [1.165, 1.54) is 0 Å². The number of quaternary nitrogens is 1. The van der Waals surface area contributed by atoms with Gasteiger partial charge in [-0.2, -0.15) is 0 Å². The van der Waals surface area contributed by atoms with Crippen molar-refractivity contribution in [2.75, 3.05) is 14.1 Å². The smallest absolute Gasteiger partial charge is 0.308 e. The monoisotopic (exact) mass is 568 g/mol. The molecule has 0 aromatic rings. The molecule has 40 heavy (non-hydrogen) atoms. The van der Waals surface area contributed by atoms with Crippen molar-refractivity contribution in [3.8, 4) is 0 Å². The molecule has 2 fully saturated rings. The third kappa shape index (κ3) is 7.72. The van der Waals surface area contributed by atoms with E-state index >= 15 is 0 Å². The summed E-state index contributed by atoms with van der Waals surface area (Å²) in [6.45, 7) is 13.7. The van der Waals surface area contributed by atoms with Crippen LogP contribution in [0.3, 0.4) is 0 Å². The van der Waals surface area contributed by atoms with Gasteiger partial charge in [0.2, 0.25) is 0 Å². The minimum Gasteiger partial charge on any atom is -0.462 e. The number of hydrogen-bond donors (Lipinski definition) is 3. The van der Waals surface area contributed by atoms with Crippen LogP contribution in [0.25, 0.3) is 0 Å². The minimum absolute atomic E-state index is 0.0120. The van der Waals surface area contributed by atoms with Crippen LogP contribution in [-0.4, -0.2) is 90.6 Å². The van der Waals surface area contributed by atoms with Crippen LogP contribution in [0.4, 0.5) is 0 Å². The maximum absolute atomic E-state index is 13.2. The lowest BCUT2D eigenvalue weighted by molar-refractivity contribution is -0.893. The number of aliphatic hydroxyl groups is 2. The Balaban J connectivity index is 1.92. The lowest BCUT2D eigenvalue weighted by Gasteiger charge is -2.43. The van der Waals surface area contributed by atoms with Gasteiger partial charge in [0.15, 0.2) is 18.2 Å². The van der Waals surface area contributed by atoms with Crippen LogP contribution in [0.1, 0.15) is 80.6 Å². The number of allylic oxidation sites excluding steroid dienone is 1. The zero-order valence-corrected chi connectivity index (χ0v) is 26.0. The number of rotatable bonds is 5. The van der Waals surface area contributed by atoms with Gasteiger partial charge in [-0.05, 0) is 44.8 Å². The van der Waals surface area contributed by atoms with Crippen molar-refractivity contribution < 1.29 is 43.6 Å². The Morgan fingerprint density at radius 1 is 1.05 bits per heavy atom. The highest BCUT2D eigenvalue weighted by molar-refractivity contribution is 5.91. The quantitative estimate of drug-likeness (QED) is 0.341. The van der Waals surface area contributed by atoms with Crippen LogP contribution < -0.4 is 4.90 Å². The highest BCUT2D eigenvalue weighted by Gasteiger charge is 2.55. The minimum atomic E-state index is -1.03. The molecule has 0 saturated carbocycles. The number of carbonyl (C=O) groups excluding carboxylic acids is 2. The van der Waals surface area contributed by atoms with Crippen molar-refractivity contribution in [3.63, 3.8) is 0 Å². The van der Waals surface area contributed by atoms with Crippen molar-refractivity contribution in [1.29, 1.82) is 0 Å². The first kappa shape index (κ1) is 33.1. The molecule has 0 bridgehead atoms. The number of aliphatic hydroxyl groups excluding tert-OH is 2. The van der Waals surface area contributed by atoms with Gasteiger partial charge in [-0.15, -0.1) is 0 Å². The van der Waals surface area contributed by atoms with Gasteiger partial charge in [-0.25, -0.2) is 0 Å². The summed E-state index contributed by atoms with van der Waals surface area (Å²) in [4.78, 5) is 27.3. The number of carbonyl (C=O) groups is 2. The fourth-order valence-electron chi connectivity index (χ4n) is 6.63. The number of ether oxygens (including phenoxy) is 4. The molecular formula is C31H54NO8+. The van der Waals surface area contributed by atoms with Gasteiger partial charge in [0.05, 0.1) is 44.9 Å². The van der Waals surface area contributed by atoms with Crippen molar-refractivity contribution >= 4 is 11.8 Å². The van der Waals surface area contributed by atoms with Crippen LogP contribution >= 0.6 is 0 Å². The van der Waals surface area contributed by atoms with Crippen LogP contribution in [-0.2, 0) is 28.5 Å². The SMILES string of the molecule is CC[C@H]1C[C@@H](C)C(=O)/C=C/C2(C)OC2[C@H](C)[C@@H](CC)OC(=O)C[C@@H](O)[C@H](C)[C@H]1O[C@H]1O[C@H](C)C[C@H]([NH+](C)C)[C@H]1O. The zero-order chi connectivity index (χ0) is 29.9. The first-order valence-electron chi connectivity index (χ1n) is 15.3. The van der Waals surface area contributed by atoms with Gasteiger partial charge in [0.25, 0.3) is 0 Å². The number of cyclic esters (lactones) is 1. The Bertz CT molecular complexity index is 895. The molecule has 0 radical (unpaired) electrons. The molecule has 0 aromatic heterocycles. The predicted molar refractivity (Wildman–Crippen MR) is 151 cm³/mol. The molecule has 9 nitrogen and oxygen atoms in total. The molecule has 0 amide bonds. The third-order valence-corrected chi connectivity index (χ3v) is 9.52. The Morgan fingerprint density at radius 2 is 1.73 bits per heavy atom. The van der Waals surface area contributed by atoms with Crippen molar-refractivity contribution in [2.24, 2.45) is 23.7 Å². The molecule has 3 aliphatic rings. The Labute approximate surface area is 240 Å². The van der Waals surface area contributed by atoms with E-state index in [4.69, 9.17) is 18.9 Å². The fourth-order valence-corrected chi connectivity index (χ4v) is 6.63. The molecule has 3 rings (SSSR count). The first-order chi connectivity index (χ1) is 18.7. The highest BCUT2D eigenvalue weighted by atomic mass is 16.7. The highest BCUT2D eigenvalue weighted by Crippen LogP contribution is 2.44. The largest absolute Gasteiger partial charge is 0.462 e. The second-order valence-electron chi connectivity index (χ2n) is 13.0. The summed E-state index contributed by atoms with van der Waals surface area (Å²) in [6.07, 6.45) is 1.87. The average molecular weight is 569 g/mol. The van der Waals surface area contributed by atoms with Gasteiger partial charge in [-0.1, -0.05) is 41.0 Å². The summed E-state index contributed by atoms with van der Waals surface area (Å²) in [6, 6.07) is -0.0660. The van der Waals surface area contributed by atoms with Crippen LogP contribution in [0.2, 0.25) is 0 Å². The lowest BCUT2D eigenvalue weighted by Crippen LogP contribution is -3.12. The van der Waals surface area contributed by atoms with Crippen molar-refractivity contribution in [3.05, 3.63) is 12.2 Å². The molecule has 2 saturated heterocycles. The number of esters is 1. The molecule has 3 N–H and O–H groups in total. The average Bonchev–Trinajstić information content (AvgIpc) is 3.58. The van der Waals surface area contributed by atoms with Gasteiger partial charge >= 0.3 is 5.97 Å². The molecule has 2 unspecified atom stereocenters. The van der Waals surface area contributed by atoms with Gasteiger partial charge in [0.1, 0.15) is 17.7 Å². The van der Waals surface area contributed by atoms with E-state index < -0.39 is 42.1 Å². The number of nitrogens with one attached hydrogen (secondary N) is 1. The van der Waals surface area contributed by atoms with Crippen LogP contribution in [0, 0.1) is 23.7 Å². The van der Waals surface area contributed by atoms with Gasteiger partial charge < -0.3 is 34.1 Å². The fraction of sp³-hybridized carbons (Fsp3) is 0.871. The van der Waals surface area contributed by atoms with E-state index in [1.807, 2.05) is 68.6 Å². The predicted octanol–water partition coefficient (Wildman–Crippen LogP) is 2.07. The summed E-state index contributed by atoms with van der Waals surface area (Å²) in [7, 11) is 4.01. The number of fused-ring (bicyclic) bond motifs is 1. The van der Waals surface area contributed by atoms with Crippen LogP contribution in [0.15, 0.2) is 12.2 Å². The van der Waals surface area contributed by atoms with Crippen LogP contribution in [0.5, 0.6) is 0 Å². The standard InChI is InChI=1S/C31H53NO8/c1-10-21-14-17(3)23(33)12-13-31(7)29(40-31)20(6)25(11-2)38-26(35)16-24(34)19(5)28(21)39-30-27(36)22(32(8)9)15-18(4)37-30/h12-13,17-22,24-25,27-30,34,36H,10-11,14-16H2,1-9H3/p+1/b13-12+/t17-,18-,19+,20-,21+,22+,24-,25-,27-,28-,29?,30-,31?/m1/s1. The maximum Gasteiger partial charge on any atom is 0.308 e. The normalized spacial score (nSPS) is 46.5. The summed E-state index contributed by atoms with van der Waals surface area (Å²) in [5, 5.41) is 22.5. The van der Waals surface area contributed by atoms with Crippen molar-refractivity contribution in [2.45, 2.75) is 135 Å². The third-order valence-electron chi connectivity index (χ3n) is 9.52. The van der Waals surface area contributed by atoms with Gasteiger partial charge in [-0.3, -0.25) is 9.59 Å². The maximum atomic E-state index is 13.2. The number of likely N-dealkylation sites (N-methyl/N-ethyl adjacent to an activating group) is 1. The van der Waals surface area contributed by atoms with E-state index in [0.717, 1.165) is 4.90 Å². The molecule has 230 valence electrons. The number of ketones is 1. The number of hydrogen-bond acceptors (Lipinski definition) is 8. The number of epoxide rings is 1. The van der Waals surface area contributed by atoms with E-state index in [1.54, 1.807) is 6.08 Å². The second-order valence-corrected chi connectivity index (χ2v) is 13.0. The molecule has 3 heterocycles. The Morgan fingerprint density at radius 3 is 2.33 bits per heavy atom. The van der Waals surface area contributed by atoms with E-state index in [9.17, 15) is 19.8 Å². The Kier molecular flexibility index (Phi) is 11.4. The molecule has 0 aromatic carbocycles. The molecule has 0 aliphatic carbocycles. The van der Waals surface area contributed by atoms with Crippen molar-refractivity contribution in [1.82, 2.24) is 0 Å². The molecule has 3 aliphatic heterocycles. The Hall–Kier alpha value is -1.36. The summed E-state index contributed by atoms with van der Waals surface area (Å²) >= 11 is 0. The summed E-state index contributed by atoms with van der Waals surface area (Å²) < 4.78 is 24.5. The molecular weight excluding hydrogens is 514 g/mol. The lowest BCUT2D eigenvalue weighted by atomic mass is 9.79.